The Labute approximate surface area is 174 Å². The molecule has 0 aliphatic heterocycles. The zero-order valence-electron chi connectivity index (χ0n) is 15.2. The summed E-state index contributed by atoms with van der Waals surface area (Å²) in [5.74, 6) is 0.0555. The van der Waals surface area contributed by atoms with E-state index in [0.29, 0.717) is 10.6 Å². The number of anilines is 1. The molecule has 3 aromatic rings. The van der Waals surface area contributed by atoms with Crippen molar-refractivity contribution in [1.29, 1.82) is 0 Å². The highest BCUT2D eigenvalue weighted by atomic mass is 32.2. The van der Waals surface area contributed by atoms with Gasteiger partial charge < -0.3 is 0 Å². The third-order valence-corrected chi connectivity index (χ3v) is 7.54. The van der Waals surface area contributed by atoms with Crippen LogP contribution < -0.4 is 10.0 Å². The summed E-state index contributed by atoms with van der Waals surface area (Å²) in [6.45, 7) is 5.51. The van der Waals surface area contributed by atoms with Crippen molar-refractivity contribution in [3.05, 3.63) is 18.2 Å². The molecule has 0 spiro atoms. The molecule has 0 saturated carbocycles. The van der Waals surface area contributed by atoms with Gasteiger partial charge in [-0.15, -0.1) is 10.2 Å². The second-order valence-electron chi connectivity index (χ2n) is 6.03. The predicted molar refractivity (Wildman–Crippen MR) is 111 cm³/mol. The summed E-state index contributed by atoms with van der Waals surface area (Å²) in [5, 5.41) is 10.9. The van der Waals surface area contributed by atoms with Crippen molar-refractivity contribution < 1.29 is 13.2 Å². The van der Waals surface area contributed by atoms with Crippen LogP contribution in [0.1, 0.15) is 20.8 Å². The molecule has 0 saturated heterocycles. The number of fused-ring (bicyclic) bond motifs is 1. The Morgan fingerprint density at radius 1 is 1.25 bits per heavy atom. The van der Waals surface area contributed by atoms with Gasteiger partial charge in [0.1, 0.15) is 22.0 Å². The molecule has 0 fully saturated rings. The van der Waals surface area contributed by atoms with E-state index < -0.39 is 22.0 Å². The number of aromatic nitrogens is 4. The Hall–Kier alpha value is -1.67. The van der Waals surface area contributed by atoms with Gasteiger partial charge in [-0.2, -0.15) is 13.5 Å². The quantitative estimate of drug-likeness (QED) is 0.389. The lowest BCUT2D eigenvalue weighted by atomic mass is 10.1. The molecule has 3 rings (SSSR count). The maximum Gasteiger partial charge on any atom is 0.244 e. The number of carbonyl (C=O) groups excluding carboxylic acids is 1. The topological polar surface area (TPSA) is 127 Å². The average molecular weight is 459 g/mol. The maximum atomic E-state index is 12.9. The Balaban J connectivity index is 1.81. The van der Waals surface area contributed by atoms with Crippen molar-refractivity contribution in [2.24, 2.45) is 5.92 Å². The van der Waals surface area contributed by atoms with Crippen molar-refractivity contribution >= 4 is 66.9 Å². The summed E-state index contributed by atoms with van der Waals surface area (Å²) >= 11 is 3.70. The number of nitrogens with zero attached hydrogens (tertiary/aromatic N) is 4. The average Bonchev–Trinajstić information content (AvgIpc) is 3.28. The van der Waals surface area contributed by atoms with Crippen molar-refractivity contribution in [2.45, 2.75) is 36.0 Å². The largest absolute Gasteiger partial charge is 0.299 e. The molecule has 150 valence electrons. The van der Waals surface area contributed by atoms with Crippen LogP contribution in [0, 0.1) is 5.92 Å². The normalized spacial score (nSPS) is 13.1. The van der Waals surface area contributed by atoms with Crippen LogP contribution in [0.25, 0.3) is 11.0 Å². The molecule has 13 heteroatoms. The first-order valence-corrected chi connectivity index (χ1v) is 12.3. The summed E-state index contributed by atoms with van der Waals surface area (Å²) in [5.41, 5.74) is 0.779. The smallest absolute Gasteiger partial charge is 0.244 e. The second-order valence-corrected chi connectivity index (χ2v) is 10.7. The molecular weight excluding hydrogens is 440 g/mol. The summed E-state index contributed by atoms with van der Waals surface area (Å²) < 4.78 is 37.2. The van der Waals surface area contributed by atoms with E-state index >= 15 is 0 Å². The minimum atomic E-state index is -3.99. The van der Waals surface area contributed by atoms with Crippen LogP contribution in [0.4, 0.5) is 5.13 Å². The molecule has 28 heavy (non-hydrogen) atoms. The molecule has 0 aliphatic carbocycles. The van der Waals surface area contributed by atoms with Gasteiger partial charge in [-0.1, -0.05) is 49.9 Å². The highest BCUT2D eigenvalue weighted by molar-refractivity contribution is 8.01. The molecule has 1 aromatic carbocycles. The third kappa shape index (κ3) is 4.66. The molecule has 1 amide bonds. The van der Waals surface area contributed by atoms with E-state index in [0.717, 1.165) is 21.8 Å². The van der Waals surface area contributed by atoms with Gasteiger partial charge in [0.15, 0.2) is 4.34 Å². The maximum absolute atomic E-state index is 12.9. The van der Waals surface area contributed by atoms with E-state index in [-0.39, 0.29) is 16.3 Å². The zero-order valence-corrected chi connectivity index (χ0v) is 18.5. The highest BCUT2D eigenvalue weighted by Gasteiger charge is 2.30. The summed E-state index contributed by atoms with van der Waals surface area (Å²) in [4.78, 5) is 12.7. The van der Waals surface area contributed by atoms with Gasteiger partial charge in [-0.05, 0) is 23.8 Å². The number of hydrogen-bond donors (Lipinski definition) is 2. The third-order valence-electron chi connectivity index (χ3n) is 3.67. The fourth-order valence-corrected chi connectivity index (χ4v) is 6.11. The van der Waals surface area contributed by atoms with Crippen molar-refractivity contribution in [3.8, 4) is 0 Å². The molecule has 0 radical (unpaired) electrons. The zero-order chi connectivity index (χ0) is 20.3. The lowest BCUT2D eigenvalue weighted by Gasteiger charge is -2.21. The molecular formula is C15H18N6O3S4. The van der Waals surface area contributed by atoms with Crippen LogP contribution >= 0.6 is 34.8 Å². The molecule has 0 aliphatic rings. The molecule has 2 heterocycles. The second kappa shape index (κ2) is 8.78. The Morgan fingerprint density at radius 3 is 2.75 bits per heavy atom. The monoisotopic (exact) mass is 458 g/mol. The number of hydrogen-bond acceptors (Lipinski definition) is 10. The summed E-state index contributed by atoms with van der Waals surface area (Å²) in [6.07, 6.45) is 0. The number of nitrogens with one attached hydrogen (secondary N) is 2. The number of sulfonamides is 1. The van der Waals surface area contributed by atoms with E-state index in [1.807, 2.05) is 6.92 Å². The molecule has 0 bridgehead atoms. The van der Waals surface area contributed by atoms with Crippen LogP contribution in [-0.2, 0) is 14.8 Å². The lowest BCUT2D eigenvalue weighted by molar-refractivity contribution is -0.118. The van der Waals surface area contributed by atoms with Gasteiger partial charge in [-0.3, -0.25) is 10.1 Å². The fourth-order valence-electron chi connectivity index (χ4n) is 2.35. The highest BCUT2D eigenvalue weighted by Crippen LogP contribution is 2.26. The van der Waals surface area contributed by atoms with Crippen molar-refractivity contribution in [2.75, 3.05) is 11.1 Å². The van der Waals surface area contributed by atoms with Crippen LogP contribution in [0.2, 0.25) is 0 Å². The van der Waals surface area contributed by atoms with Gasteiger partial charge in [0.25, 0.3) is 0 Å². The number of carbonyl (C=O) groups is 1. The van der Waals surface area contributed by atoms with E-state index in [1.165, 1.54) is 29.2 Å². The van der Waals surface area contributed by atoms with Gasteiger partial charge in [0.05, 0.1) is 11.7 Å². The van der Waals surface area contributed by atoms with E-state index in [9.17, 15) is 13.2 Å². The number of benzene rings is 1. The van der Waals surface area contributed by atoms with Crippen LogP contribution in [0.15, 0.2) is 27.4 Å². The number of amides is 1. The Kier molecular flexibility index (Phi) is 6.60. The minimum Gasteiger partial charge on any atom is -0.299 e. The molecule has 2 N–H and O–H groups in total. The van der Waals surface area contributed by atoms with E-state index in [4.69, 9.17) is 0 Å². The first kappa shape index (κ1) is 21.0. The Morgan fingerprint density at radius 2 is 2.04 bits per heavy atom. The first-order valence-electron chi connectivity index (χ1n) is 8.32. The van der Waals surface area contributed by atoms with Gasteiger partial charge >= 0.3 is 0 Å². The molecule has 0 unspecified atom stereocenters. The van der Waals surface area contributed by atoms with Crippen LogP contribution in [0.3, 0.4) is 0 Å². The van der Waals surface area contributed by atoms with E-state index in [1.54, 1.807) is 26.0 Å². The fraction of sp³-hybridized carbons (Fsp3) is 0.400. The predicted octanol–water partition coefficient (Wildman–Crippen LogP) is 2.60. The molecule has 9 nitrogen and oxygen atoms in total. The minimum absolute atomic E-state index is 0.00486. The first-order chi connectivity index (χ1) is 13.3. The summed E-state index contributed by atoms with van der Waals surface area (Å²) in [7, 11) is -3.99. The van der Waals surface area contributed by atoms with Crippen LogP contribution in [-0.4, -0.2) is 45.1 Å². The number of rotatable bonds is 8. The number of thioether (sulfide) groups is 1. The molecule has 2 aromatic heterocycles. The summed E-state index contributed by atoms with van der Waals surface area (Å²) in [6, 6.07) is 3.74. The Bertz CT molecular complexity index is 1080. The SMILES string of the molecule is CCSc1nnc(NC(=O)[C@@H](NS(=O)(=O)c2cccc3nsnc23)C(C)C)s1. The molecule has 1 atom stereocenters. The van der Waals surface area contributed by atoms with Gasteiger partial charge in [0, 0.05) is 0 Å². The van der Waals surface area contributed by atoms with Crippen molar-refractivity contribution in [3.63, 3.8) is 0 Å². The van der Waals surface area contributed by atoms with Crippen molar-refractivity contribution in [1.82, 2.24) is 23.7 Å². The van der Waals surface area contributed by atoms with Gasteiger partial charge in [-0.25, -0.2) is 8.42 Å². The van der Waals surface area contributed by atoms with Gasteiger partial charge in [0.2, 0.25) is 21.1 Å². The van der Waals surface area contributed by atoms with E-state index in [2.05, 4.69) is 29.0 Å². The van der Waals surface area contributed by atoms with Crippen LogP contribution in [0.5, 0.6) is 0 Å². The standard InChI is InChI=1S/C15H18N6O3S4/c1-4-25-15-18-17-14(26-15)16-13(22)11(8(2)3)21-28(23,24)10-7-5-6-9-12(10)20-27-19-9/h5-8,11,21H,4H2,1-3H3,(H,16,17,22)/t11-/m0/s1. The lowest BCUT2D eigenvalue weighted by Crippen LogP contribution is -2.47.